The van der Waals surface area contributed by atoms with Gasteiger partial charge in [-0.2, -0.15) is 0 Å². The van der Waals surface area contributed by atoms with E-state index in [-0.39, 0.29) is 11.9 Å². The maximum atomic E-state index is 13.2. The van der Waals surface area contributed by atoms with Crippen molar-refractivity contribution in [1.82, 2.24) is 10.3 Å². The zero-order valence-electron chi connectivity index (χ0n) is 17.0. The number of nitrogens with one attached hydrogen (secondary N) is 1. The number of pyridine rings is 1. The predicted molar refractivity (Wildman–Crippen MR) is 117 cm³/mol. The summed E-state index contributed by atoms with van der Waals surface area (Å²) < 4.78 is 0. The third-order valence-electron chi connectivity index (χ3n) is 5.10. The maximum absolute atomic E-state index is 13.2. The number of fused-ring (bicyclic) bond motifs is 1. The number of carbonyl (C=O) groups excluding carboxylic acids is 1. The molecule has 0 fully saturated rings. The molecule has 4 nitrogen and oxygen atoms in total. The molecule has 0 saturated carbocycles. The zero-order valence-corrected chi connectivity index (χ0v) is 17.0. The van der Waals surface area contributed by atoms with Crippen LogP contribution in [0.25, 0.3) is 10.9 Å². The molecule has 2 aromatic carbocycles. The van der Waals surface area contributed by atoms with E-state index in [0.29, 0.717) is 5.56 Å². The van der Waals surface area contributed by atoms with Crippen molar-refractivity contribution in [3.05, 3.63) is 71.8 Å². The van der Waals surface area contributed by atoms with Gasteiger partial charge in [-0.15, -0.1) is 0 Å². The van der Waals surface area contributed by atoms with Crippen molar-refractivity contribution in [2.75, 3.05) is 18.5 Å². The van der Waals surface area contributed by atoms with Gasteiger partial charge in [0.15, 0.2) is 0 Å². The summed E-state index contributed by atoms with van der Waals surface area (Å²) in [5, 5.41) is 4.10. The first-order valence-electron chi connectivity index (χ1n) is 10.1. The van der Waals surface area contributed by atoms with E-state index < -0.39 is 0 Å². The molecule has 1 N–H and O–H groups in total. The van der Waals surface area contributed by atoms with Crippen LogP contribution < -0.4 is 10.2 Å². The van der Waals surface area contributed by atoms with Gasteiger partial charge in [0.2, 0.25) is 0 Å². The average Bonchev–Trinajstić information content (AvgIpc) is 2.75. The molecule has 1 heterocycles. The van der Waals surface area contributed by atoms with Crippen molar-refractivity contribution in [3.8, 4) is 0 Å². The van der Waals surface area contributed by atoms with Crippen molar-refractivity contribution < 1.29 is 4.79 Å². The maximum Gasteiger partial charge on any atom is 0.252 e. The van der Waals surface area contributed by atoms with Crippen molar-refractivity contribution in [1.29, 1.82) is 0 Å². The van der Waals surface area contributed by atoms with Gasteiger partial charge in [-0.1, -0.05) is 68.8 Å². The van der Waals surface area contributed by atoms with Crippen LogP contribution in [-0.2, 0) is 0 Å². The summed E-state index contributed by atoms with van der Waals surface area (Å²) in [4.78, 5) is 20.1. The number of unbranched alkanes of at least 4 members (excludes halogenated alkanes) is 1. The highest BCUT2D eigenvalue weighted by Crippen LogP contribution is 2.24. The van der Waals surface area contributed by atoms with Gasteiger partial charge >= 0.3 is 0 Å². The van der Waals surface area contributed by atoms with Crippen LogP contribution in [-0.4, -0.2) is 24.5 Å². The lowest BCUT2D eigenvalue weighted by Crippen LogP contribution is -2.29. The second kappa shape index (κ2) is 9.36. The summed E-state index contributed by atoms with van der Waals surface area (Å²) in [5.74, 6) is 0.782. The van der Waals surface area contributed by atoms with E-state index >= 15 is 0 Å². The molecule has 1 amide bonds. The summed E-state index contributed by atoms with van der Waals surface area (Å²) in [7, 11) is 2.03. The lowest BCUT2D eigenvalue weighted by atomic mass is 10.0. The molecule has 0 aliphatic carbocycles. The fourth-order valence-electron chi connectivity index (χ4n) is 3.40. The second-order valence-electron chi connectivity index (χ2n) is 7.17. The van der Waals surface area contributed by atoms with Crippen LogP contribution in [0.2, 0.25) is 0 Å². The Morgan fingerprint density at radius 1 is 1.07 bits per heavy atom. The number of rotatable bonds is 8. The molecule has 1 atom stereocenters. The third kappa shape index (κ3) is 4.50. The van der Waals surface area contributed by atoms with E-state index in [0.717, 1.165) is 48.1 Å². The van der Waals surface area contributed by atoms with Gasteiger partial charge in [-0.05, 0) is 30.5 Å². The fraction of sp³-hybridized carbons (Fsp3) is 0.333. The highest BCUT2D eigenvalue weighted by Gasteiger charge is 2.18. The first-order chi connectivity index (χ1) is 13.6. The van der Waals surface area contributed by atoms with Crippen LogP contribution in [0.4, 0.5) is 5.82 Å². The van der Waals surface area contributed by atoms with E-state index in [4.69, 9.17) is 4.98 Å². The molecule has 0 radical (unpaired) electrons. The lowest BCUT2D eigenvalue weighted by Gasteiger charge is -2.21. The van der Waals surface area contributed by atoms with Gasteiger partial charge in [0.05, 0.1) is 17.1 Å². The first-order valence-corrected chi connectivity index (χ1v) is 10.1. The molecule has 146 valence electrons. The molecule has 4 heteroatoms. The van der Waals surface area contributed by atoms with Crippen LogP contribution in [0.5, 0.6) is 0 Å². The molecule has 1 aromatic heterocycles. The molecule has 0 bridgehead atoms. The Bertz CT molecular complexity index is 924. The van der Waals surface area contributed by atoms with E-state index in [1.54, 1.807) is 0 Å². The molecular weight excluding hydrogens is 346 g/mol. The van der Waals surface area contributed by atoms with Crippen molar-refractivity contribution in [2.24, 2.45) is 0 Å². The monoisotopic (exact) mass is 375 g/mol. The molecule has 0 saturated heterocycles. The molecule has 3 aromatic rings. The molecule has 0 aliphatic heterocycles. The van der Waals surface area contributed by atoms with Gasteiger partial charge < -0.3 is 10.2 Å². The first kappa shape index (κ1) is 19.9. The Morgan fingerprint density at radius 3 is 2.50 bits per heavy atom. The molecule has 28 heavy (non-hydrogen) atoms. The number of amides is 1. The van der Waals surface area contributed by atoms with Gasteiger partial charge in [0.1, 0.15) is 5.82 Å². The molecular formula is C24H29N3O. The Balaban J connectivity index is 1.94. The van der Waals surface area contributed by atoms with E-state index in [9.17, 15) is 4.79 Å². The van der Waals surface area contributed by atoms with Crippen LogP contribution in [0.1, 0.15) is 55.1 Å². The van der Waals surface area contributed by atoms with Crippen LogP contribution in [0, 0.1) is 0 Å². The summed E-state index contributed by atoms with van der Waals surface area (Å²) in [6.45, 7) is 5.19. The number of aromatic nitrogens is 1. The Morgan fingerprint density at radius 2 is 1.79 bits per heavy atom. The minimum atomic E-state index is -0.0561. The highest BCUT2D eigenvalue weighted by molar-refractivity contribution is 6.07. The number of hydrogen-bond donors (Lipinski definition) is 1. The number of anilines is 1. The van der Waals surface area contributed by atoms with Crippen LogP contribution >= 0.6 is 0 Å². The largest absolute Gasteiger partial charge is 0.360 e. The van der Waals surface area contributed by atoms with Crippen LogP contribution in [0.15, 0.2) is 60.7 Å². The van der Waals surface area contributed by atoms with Crippen molar-refractivity contribution in [2.45, 2.75) is 39.2 Å². The summed E-state index contributed by atoms with van der Waals surface area (Å²) in [5.41, 5.74) is 2.65. The Kier molecular flexibility index (Phi) is 6.64. The minimum absolute atomic E-state index is 0.0121. The van der Waals surface area contributed by atoms with Crippen molar-refractivity contribution >= 4 is 22.6 Å². The van der Waals surface area contributed by atoms with E-state index in [2.05, 4.69) is 36.2 Å². The lowest BCUT2D eigenvalue weighted by molar-refractivity contribution is 0.0937. The standard InChI is InChI=1S/C24H29N3O/c1-4-6-16-27(3)23-17-20(19-14-10-11-15-22(19)25-23)24(28)26-21(5-2)18-12-8-7-9-13-18/h7-15,17,21H,4-6,16H2,1-3H3,(H,26,28)/t21-/m0/s1. The average molecular weight is 376 g/mol. The predicted octanol–water partition coefficient (Wildman–Crippen LogP) is 5.35. The topological polar surface area (TPSA) is 45.2 Å². The number of carbonyl (C=O) groups is 1. The summed E-state index contributed by atoms with van der Waals surface area (Å²) >= 11 is 0. The van der Waals surface area contributed by atoms with Crippen molar-refractivity contribution in [3.63, 3.8) is 0 Å². The van der Waals surface area contributed by atoms with Gasteiger partial charge in [-0.3, -0.25) is 4.79 Å². The number of nitrogens with zero attached hydrogens (tertiary/aromatic N) is 2. The van der Waals surface area contributed by atoms with Gasteiger partial charge in [0.25, 0.3) is 5.91 Å². The van der Waals surface area contributed by atoms with Crippen LogP contribution in [0.3, 0.4) is 0 Å². The minimum Gasteiger partial charge on any atom is -0.360 e. The molecule has 0 unspecified atom stereocenters. The van der Waals surface area contributed by atoms with E-state index in [1.165, 1.54) is 0 Å². The second-order valence-corrected chi connectivity index (χ2v) is 7.17. The number of para-hydroxylation sites is 1. The summed E-state index contributed by atoms with van der Waals surface area (Å²) in [6.07, 6.45) is 3.06. The Labute approximate surface area is 167 Å². The smallest absolute Gasteiger partial charge is 0.252 e. The fourth-order valence-corrected chi connectivity index (χ4v) is 3.40. The quantitative estimate of drug-likeness (QED) is 0.577. The molecule has 0 spiro atoms. The third-order valence-corrected chi connectivity index (χ3v) is 5.10. The molecule has 0 aliphatic rings. The van der Waals surface area contributed by atoms with Gasteiger partial charge in [-0.25, -0.2) is 4.98 Å². The normalized spacial score (nSPS) is 12.0. The SMILES string of the molecule is CCCCN(C)c1cc(C(=O)N[C@@H](CC)c2ccccc2)c2ccccc2n1. The summed E-state index contributed by atoms with van der Waals surface area (Å²) in [6, 6.07) is 19.9. The number of hydrogen-bond acceptors (Lipinski definition) is 3. The highest BCUT2D eigenvalue weighted by atomic mass is 16.1. The number of benzene rings is 2. The zero-order chi connectivity index (χ0) is 19.9. The van der Waals surface area contributed by atoms with E-state index in [1.807, 2.05) is 55.6 Å². The molecule has 3 rings (SSSR count). The Hall–Kier alpha value is -2.88. The van der Waals surface area contributed by atoms with Gasteiger partial charge in [0, 0.05) is 19.0 Å².